The van der Waals surface area contributed by atoms with Gasteiger partial charge in [-0.1, -0.05) is 6.07 Å². The van der Waals surface area contributed by atoms with E-state index in [2.05, 4.69) is 14.9 Å². The minimum absolute atomic E-state index is 0.119. The van der Waals surface area contributed by atoms with Gasteiger partial charge in [-0.3, -0.25) is 9.88 Å². The highest BCUT2D eigenvalue weighted by molar-refractivity contribution is 5.11. The van der Waals surface area contributed by atoms with Crippen LogP contribution < -0.4 is 4.74 Å². The second-order valence-corrected chi connectivity index (χ2v) is 5.25. The number of rotatable bonds is 4. The maximum atomic E-state index is 13.0. The highest BCUT2D eigenvalue weighted by Crippen LogP contribution is 2.18. The first-order valence-electron chi connectivity index (χ1n) is 7.20. The van der Waals surface area contributed by atoms with Gasteiger partial charge in [0.25, 0.3) is 0 Å². The second kappa shape index (κ2) is 6.63. The average Bonchev–Trinajstić information content (AvgIpc) is 2.50. The van der Waals surface area contributed by atoms with Gasteiger partial charge in [-0.15, -0.1) is 0 Å². The topological polar surface area (TPSA) is 38.2 Å². The third-order valence-corrected chi connectivity index (χ3v) is 3.67. The monoisotopic (exact) mass is 287 g/mol. The first-order chi connectivity index (χ1) is 10.3. The number of halogens is 1. The van der Waals surface area contributed by atoms with Gasteiger partial charge in [0.05, 0.1) is 0 Å². The van der Waals surface area contributed by atoms with E-state index in [4.69, 9.17) is 4.74 Å². The SMILES string of the molecule is Fc1cccc(OC2CCN(Cc3ccncc3)CC2)n1. The van der Waals surface area contributed by atoms with Crippen molar-refractivity contribution in [3.63, 3.8) is 0 Å². The number of likely N-dealkylation sites (tertiary alicyclic amines) is 1. The van der Waals surface area contributed by atoms with Gasteiger partial charge in [-0.2, -0.15) is 9.37 Å². The summed E-state index contributed by atoms with van der Waals surface area (Å²) in [5.74, 6) is -0.120. The molecule has 2 aromatic rings. The molecule has 3 heterocycles. The fraction of sp³-hybridized carbons (Fsp3) is 0.375. The molecule has 1 fully saturated rings. The fourth-order valence-electron chi connectivity index (χ4n) is 2.56. The molecule has 0 amide bonds. The number of ether oxygens (including phenoxy) is 1. The van der Waals surface area contributed by atoms with Gasteiger partial charge in [0.2, 0.25) is 11.8 Å². The number of nitrogens with zero attached hydrogens (tertiary/aromatic N) is 3. The van der Waals surface area contributed by atoms with E-state index in [-0.39, 0.29) is 6.10 Å². The Morgan fingerprint density at radius 3 is 2.62 bits per heavy atom. The van der Waals surface area contributed by atoms with E-state index in [9.17, 15) is 4.39 Å². The Kier molecular flexibility index (Phi) is 4.40. The predicted molar refractivity (Wildman–Crippen MR) is 77.4 cm³/mol. The van der Waals surface area contributed by atoms with Gasteiger partial charge >= 0.3 is 0 Å². The molecule has 5 heteroatoms. The van der Waals surface area contributed by atoms with Crippen LogP contribution in [0.3, 0.4) is 0 Å². The van der Waals surface area contributed by atoms with Gasteiger partial charge in [-0.05, 0) is 36.6 Å². The molecule has 0 unspecified atom stereocenters. The number of hydrogen-bond donors (Lipinski definition) is 0. The highest BCUT2D eigenvalue weighted by Gasteiger charge is 2.21. The van der Waals surface area contributed by atoms with E-state index in [1.54, 1.807) is 12.1 Å². The normalized spacial score (nSPS) is 16.8. The number of piperidine rings is 1. The maximum absolute atomic E-state index is 13.0. The van der Waals surface area contributed by atoms with Crippen molar-refractivity contribution in [2.24, 2.45) is 0 Å². The van der Waals surface area contributed by atoms with Gasteiger partial charge in [0.1, 0.15) is 6.10 Å². The van der Waals surface area contributed by atoms with Gasteiger partial charge in [0.15, 0.2) is 0 Å². The lowest BCUT2D eigenvalue weighted by molar-refractivity contribution is 0.0925. The molecule has 4 nitrogen and oxygen atoms in total. The van der Waals surface area contributed by atoms with Crippen molar-refractivity contribution < 1.29 is 9.13 Å². The summed E-state index contributed by atoms with van der Waals surface area (Å²) in [5.41, 5.74) is 1.27. The molecule has 0 saturated carbocycles. The second-order valence-electron chi connectivity index (χ2n) is 5.25. The lowest BCUT2D eigenvalue weighted by Gasteiger charge is -2.31. The van der Waals surface area contributed by atoms with E-state index in [0.717, 1.165) is 32.5 Å². The molecule has 0 aliphatic carbocycles. The summed E-state index contributed by atoms with van der Waals surface area (Å²) in [7, 11) is 0. The molecular formula is C16H18FN3O. The van der Waals surface area contributed by atoms with Crippen molar-refractivity contribution in [2.75, 3.05) is 13.1 Å². The third-order valence-electron chi connectivity index (χ3n) is 3.67. The molecule has 2 aromatic heterocycles. The Morgan fingerprint density at radius 2 is 1.90 bits per heavy atom. The van der Waals surface area contributed by atoms with Crippen molar-refractivity contribution >= 4 is 0 Å². The minimum atomic E-state index is -0.498. The Bertz CT molecular complexity index is 571. The fourth-order valence-corrected chi connectivity index (χ4v) is 2.56. The summed E-state index contributed by atoms with van der Waals surface area (Å²) in [6.07, 6.45) is 5.63. The van der Waals surface area contributed by atoms with Crippen molar-refractivity contribution in [1.82, 2.24) is 14.9 Å². The molecule has 3 rings (SSSR count). The Morgan fingerprint density at radius 1 is 1.14 bits per heavy atom. The Labute approximate surface area is 123 Å². The molecule has 0 N–H and O–H groups in total. The molecule has 0 spiro atoms. The molecule has 0 radical (unpaired) electrons. The highest BCUT2D eigenvalue weighted by atomic mass is 19.1. The molecule has 21 heavy (non-hydrogen) atoms. The molecule has 1 aliphatic heterocycles. The van der Waals surface area contributed by atoms with Gasteiger partial charge in [-0.25, -0.2) is 0 Å². The zero-order valence-corrected chi connectivity index (χ0v) is 11.8. The molecule has 0 atom stereocenters. The molecule has 1 aliphatic rings. The van der Waals surface area contributed by atoms with E-state index in [0.29, 0.717) is 5.88 Å². The van der Waals surface area contributed by atoms with Crippen LogP contribution in [0.1, 0.15) is 18.4 Å². The van der Waals surface area contributed by atoms with Crippen molar-refractivity contribution in [3.05, 3.63) is 54.2 Å². The lowest BCUT2D eigenvalue weighted by atomic mass is 10.1. The summed E-state index contributed by atoms with van der Waals surface area (Å²) in [6, 6.07) is 8.73. The summed E-state index contributed by atoms with van der Waals surface area (Å²) in [6.45, 7) is 2.89. The number of pyridine rings is 2. The molecular weight excluding hydrogens is 269 g/mol. The summed E-state index contributed by atoms with van der Waals surface area (Å²) in [5, 5.41) is 0. The Balaban J connectivity index is 1.49. The summed E-state index contributed by atoms with van der Waals surface area (Å²) >= 11 is 0. The van der Waals surface area contributed by atoms with Crippen LogP contribution in [0.25, 0.3) is 0 Å². The van der Waals surface area contributed by atoms with Crippen LogP contribution in [0, 0.1) is 5.95 Å². The van der Waals surface area contributed by atoms with Gasteiger partial charge < -0.3 is 4.74 Å². The van der Waals surface area contributed by atoms with E-state index < -0.39 is 5.95 Å². The smallest absolute Gasteiger partial charge is 0.216 e. The number of hydrogen-bond acceptors (Lipinski definition) is 4. The predicted octanol–water partition coefficient (Wildman–Crippen LogP) is 2.66. The standard InChI is InChI=1S/C16H18FN3O/c17-15-2-1-3-16(19-15)21-14-6-10-20(11-7-14)12-13-4-8-18-9-5-13/h1-5,8-9,14H,6-7,10-12H2. The Hall–Kier alpha value is -2.01. The summed E-state index contributed by atoms with van der Waals surface area (Å²) < 4.78 is 18.8. The van der Waals surface area contributed by atoms with E-state index in [1.807, 2.05) is 24.5 Å². The first-order valence-corrected chi connectivity index (χ1v) is 7.20. The van der Waals surface area contributed by atoms with Crippen LogP contribution in [-0.4, -0.2) is 34.1 Å². The van der Waals surface area contributed by atoms with Crippen LogP contribution in [0.5, 0.6) is 5.88 Å². The van der Waals surface area contributed by atoms with Crippen molar-refractivity contribution in [3.8, 4) is 5.88 Å². The quantitative estimate of drug-likeness (QED) is 0.810. The van der Waals surface area contributed by atoms with Crippen molar-refractivity contribution in [1.29, 1.82) is 0 Å². The lowest BCUT2D eigenvalue weighted by Crippen LogP contribution is -2.37. The largest absolute Gasteiger partial charge is 0.474 e. The first kappa shape index (κ1) is 13.9. The minimum Gasteiger partial charge on any atom is -0.474 e. The zero-order valence-electron chi connectivity index (χ0n) is 11.8. The van der Waals surface area contributed by atoms with Gasteiger partial charge in [0, 0.05) is 38.1 Å². The van der Waals surface area contributed by atoms with Crippen LogP contribution in [-0.2, 0) is 6.54 Å². The van der Waals surface area contributed by atoms with E-state index in [1.165, 1.54) is 11.6 Å². The van der Waals surface area contributed by atoms with Crippen LogP contribution in [0.4, 0.5) is 4.39 Å². The molecule has 110 valence electrons. The maximum Gasteiger partial charge on any atom is 0.216 e. The van der Waals surface area contributed by atoms with Crippen molar-refractivity contribution in [2.45, 2.75) is 25.5 Å². The third kappa shape index (κ3) is 3.98. The average molecular weight is 287 g/mol. The molecule has 1 saturated heterocycles. The number of aromatic nitrogens is 2. The van der Waals surface area contributed by atoms with Crippen LogP contribution >= 0.6 is 0 Å². The van der Waals surface area contributed by atoms with Crippen LogP contribution in [0.2, 0.25) is 0 Å². The summed E-state index contributed by atoms with van der Waals surface area (Å²) in [4.78, 5) is 10.2. The van der Waals surface area contributed by atoms with Crippen LogP contribution in [0.15, 0.2) is 42.7 Å². The molecule has 0 bridgehead atoms. The zero-order chi connectivity index (χ0) is 14.5. The molecule has 0 aromatic carbocycles. The van der Waals surface area contributed by atoms with E-state index >= 15 is 0 Å².